The molecule has 0 radical (unpaired) electrons. The average Bonchev–Trinajstić information content (AvgIpc) is 2.83. The van der Waals surface area contributed by atoms with Gasteiger partial charge in [-0.3, -0.25) is 9.59 Å². The Morgan fingerprint density at radius 2 is 1.91 bits per heavy atom. The Kier molecular flexibility index (Phi) is 8.69. The Hall–Kier alpha value is -2.85. The van der Waals surface area contributed by atoms with Crippen molar-refractivity contribution in [2.45, 2.75) is 31.3 Å². The number of nitrogens with one attached hydrogen (secondary N) is 2. The molecule has 0 bridgehead atoms. The highest BCUT2D eigenvalue weighted by Gasteiger charge is 2.21. The number of methoxy groups -OCH3 is 1. The molecule has 2 heterocycles. The third-order valence-electron chi connectivity index (χ3n) is 5.07. The molecule has 9 nitrogen and oxygen atoms in total. The lowest BCUT2D eigenvalue weighted by molar-refractivity contribution is -0.188. The number of carbonyl (C=O) groups is 2. The van der Waals surface area contributed by atoms with Crippen LogP contribution in [0.25, 0.3) is 0 Å². The van der Waals surface area contributed by atoms with Gasteiger partial charge in [-0.25, -0.2) is 4.98 Å². The van der Waals surface area contributed by atoms with Gasteiger partial charge in [-0.1, -0.05) is 30.3 Å². The molecule has 1 saturated heterocycles. The maximum Gasteiger partial charge on any atom is 0.269 e. The normalized spacial score (nSPS) is 19.2. The number of nitrogens with zero attached hydrogens (tertiary/aromatic N) is 1. The van der Waals surface area contributed by atoms with Gasteiger partial charge in [-0.15, -0.1) is 0 Å². The second kappa shape index (κ2) is 11.7. The van der Waals surface area contributed by atoms with Crippen LogP contribution in [0.5, 0.6) is 0 Å². The molecule has 3 rings (SSSR count). The number of nitrogens with two attached hydrogens (primary N) is 1. The van der Waals surface area contributed by atoms with Crippen LogP contribution in [0.2, 0.25) is 0 Å². The van der Waals surface area contributed by atoms with Crippen LogP contribution in [-0.2, 0) is 14.2 Å². The fourth-order valence-electron chi connectivity index (χ4n) is 3.41. The van der Waals surface area contributed by atoms with E-state index in [1.165, 1.54) is 13.1 Å². The van der Waals surface area contributed by atoms with E-state index < -0.39 is 6.10 Å². The minimum atomic E-state index is -0.515. The number of ether oxygens (including phenoxy) is 3. The number of hydrogen-bond acceptors (Lipinski definition) is 7. The number of aromatic nitrogens is 1. The van der Waals surface area contributed by atoms with E-state index in [0.29, 0.717) is 43.9 Å². The lowest BCUT2D eigenvalue weighted by Crippen LogP contribution is -2.41. The first-order valence-electron chi connectivity index (χ1n) is 10.6. The molecular formula is C23H30N4O5. The smallest absolute Gasteiger partial charge is 0.269 e. The first-order chi connectivity index (χ1) is 15.5. The molecule has 0 unspecified atom stereocenters. The van der Waals surface area contributed by atoms with Crippen LogP contribution in [0.15, 0.2) is 42.5 Å². The van der Waals surface area contributed by atoms with Crippen molar-refractivity contribution in [1.82, 2.24) is 15.6 Å². The molecule has 1 atom stereocenters. The highest BCUT2D eigenvalue weighted by atomic mass is 16.7. The fourth-order valence-corrected chi connectivity index (χ4v) is 3.41. The molecule has 1 aromatic carbocycles. The van der Waals surface area contributed by atoms with Crippen molar-refractivity contribution >= 4 is 11.8 Å². The standard InChI is InChI=1S/C23H30N4O5/c1-25-23(29)19-12-16(11-18(27-19)21(30-2)15-7-4-3-5-8-15)22(28)26-10-6-9-20-31-13-17(24)14-32-20/h3-5,7-8,11-12,17,20-21H,6,9-10,13-14,24H2,1-2H3,(H,25,29)(H,26,28)/t17-,20-,21-/m1/s1. The summed E-state index contributed by atoms with van der Waals surface area (Å²) in [5.74, 6) is -0.678. The Morgan fingerprint density at radius 1 is 1.19 bits per heavy atom. The zero-order chi connectivity index (χ0) is 22.9. The van der Waals surface area contributed by atoms with E-state index in [4.69, 9.17) is 19.9 Å². The molecule has 172 valence electrons. The highest BCUT2D eigenvalue weighted by Crippen LogP contribution is 2.25. The molecule has 32 heavy (non-hydrogen) atoms. The zero-order valence-electron chi connectivity index (χ0n) is 18.4. The average molecular weight is 443 g/mol. The summed E-state index contributed by atoms with van der Waals surface area (Å²) in [5, 5.41) is 5.43. The van der Waals surface area contributed by atoms with E-state index in [1.807, 2.05) is 30.3 Å². The van der Waals surface area contributed by atoms with Gasteiger partial charge in [0.15, 0.2) is 6.29 Å². The molecular weight excluding hydrogens is 412 g/mol. The zero-order valence-corrected chi connectivity index (χ0v) is 18.4. The molecule has 1 aliphatic rings. The summed E-state index contributed by atoms with van der Waals surface area (Å²) in [6.45, 7) is 1.38. The minimum Gasteiger partial charge on any atom is -0.370 e. The van der Waals surface area contributed by atoms with Gasteiger partial charge in [-0.2, -0.15) is 0 Å². The van der Waals surface area contributed by atoms with E-state index in [1.54, 1.807) is 13.2 Å². The van der Waals surface area contributed by atoms with E-state index >= 15 is 0 Å². The number of carbonyl (C=O) groups excluding carboxylic acids is 2. The van der Waals surface area contributed by atoms with Crippen molar-refractivity contribution in [1.29, 1.82) is 0 Å². The van der Waals surface area contributed by atoms with Crippen molar-refractivity contribution in [3.05, 3.63) is 65.0 Å². The van der Waals surface area contributed by atoms with Crippen molar-refractivity contribution in [3.63, 3.8) is 0 Å². The van der Waals surface area contributed by atoms with Crippen molar-refractivity contribution in [2.75, 3.05) is 33.9 Å². The SMILES string of the molecule is CNC(=O)c1cc(C(=O)NCCC[C@H]2OC[C@H](N)CO2)cc([C@H](OC)c2ccccc2)n1. The van der Waals surface area contributed by atoms with E-state index in [0.717, 1.165) is 5.56 Å². The molecule has 2 aromatic rings. The predicted molar refractivity (Wildman–Crippen MR) is 118 cm³/mol. The van der Waals surface area contributed by atoms with Crippen LogP contribution >= 0.6 is 0 Å². The predicted octanol–water partition coefficient (Wildman–Crippen LogP) is 1.39. The van der Waals surface area contributed by atoms with Crippen molar-refractivity contribution in [3.8, 4) is 0 Å². The summed E-state index contributed by atoms with van der Waals surface area (Å²) in [6.07, 6.45) is 0.515. The molecule has 0 saturated carbocycles. The van der Waals surface area contributed by atoms with E-state index in [9.17, 15) is 9.59 Å². The molecule has 4 N–H and O–H groups in total. The summed E-state index contributed by atoms with van der Waals surface area (Å²) in [5.41, 5.74) is 7.56. The van der Waals surface area contributed by atoms with Crippen molar-refractivity contribution < 1.29 is 23.8 Å². The van der Waals surface area contributed by atoms with Crippen LogP contribution in [0.4, 0.5) is 0 Å². The third-order valence-corrected chi connectivity index (χ3v) is 5.07. The first-order valence-corrected chi connectivity index (χ1v) is 10.6. The maximum atomic E-state index is 12.8. The molecule has 0 aliphatic carbocycles. The Balaban J connectivity index is 1.69. The number of benzene rings is 1. The fraction of sp³-hybridized carbons (Fsp3) is 0.435. The van der Waals surface area contributed by atoms with Crippen molar-refractivity contribution in [2.24, 2.45) is 5.73 Å². The summed E-state index contributed by atoms with van der Waals surface area (Å²) in [4.78, 5) is 29.5. The monoisotopic (exact) mass is 442 g/mol. The van der Waals surface area contributed by atoms with Gasteiger partial charge in [0, 0.05) is 32.7 Å². The highest BCUT2D eigenvalue weighted by molar-refractivity contribution is 5.98. The quantitative estimate of drug-likeness (QED) is 0.501. The lowest BCUT2D eigenvalue weighted by atomic mass is 10.0. The second-order valence-corrected chi connectivity index (χ2v) is 7.53. The number of rotatable bonds is 9. The van der Waals surface area contributed by atoms with Gasteiger partial charge in [0.1, 0.15) is 11.8 Å². The second-order valence-electron chi connectivity index (χ2n) is 7.53. The lowest BCUT2D eigenvalue weighted by Gasteiger charge is -2.27. The van der Waals surface area contributed by atoms with Crippen LogP contribution in [0.1, 0.15) is 51.0 Å². The Labute approximate surface area is 187 Å². The number of amides is 2. The topological polar surface area (TPSA) is 125 Å². The first kappa shape index (κ1) is 23.8. The van der Waals surface area contributed by atoms with Crippen LogP contribution in [0.3, 0.4) is 0 Å². The number of hydrogen-bond donors (Lipinski definition) is 3. The molecule has 1 aromatic heterocycles. The van der Waals surface area contributed by atoms with E-state index in [2.05, 4.69) is 15.6 Å². The molecule has 1 aliphatic heterocycles. The largest absolute Gasteiger partial charge is 0.370 e. The maximum absolute atomic E-state index is 12.8. The van der Waals surface area contributed by atoms with Gasteiger partial charge in [0.2, 0.25) is 0 Å². The molecule has 2 amide bonds. The number of pyridine rings is 1. The summed E-state index contributed by atoms with van der Waals surface area (Å²) < 4.78 is 16.6. The summed E-state index contributed by atoms with van der Waals surface area (Å²) in [6, 6.07) is 12.5. The Morgan fingerprint density at radius 3 is 2.56 bits per heavy atom. The molecule has 1 fully saturated rings. The molecule has 0 spiro atoms. The van der Waals surface area contributed by atoms with Gasteiger partial charge >= 0.3 is 0 Å². The minimum absolute atomic E-state index is 0.0897. The summed E-state index contributed by atoms with van der Waals surface area (Å²) in [7, 11) is 3.08. The summed E-state index contributed by atoms with van der Waals surface area (Å²) >= 11 is 0. The van der Waals surface area contributed by atoms with Gasteiger partial charge in [0.05, 0.1) is 24.9 Å². The van der Waals surface area contributed by atoms with E-state index in [-0.39, 0.29) is 29.8 Å². The Bertz CT molecular complexity index is 901. The van der Waals surface area contributed by atoms with Gasteiger partial charge < -0.3 is 30.6 Å². The molecule has 9 heteroatoms. The van der Waals surface area contributed by atoms with Gasteiger partial charge in [0.25, 0.3) is 11.8 Å². The van der Waals surface area contributed by atoms with Gasteiger partial charge in [-0.05, 0) is 24.1 Å². The van der Waals surface area contributed by atoms with Crippen LogP contribution in [0, 0.1) is 0 Å². The van der Waals surface area contributed by atoms with Crippen LogP contribution in [-0.4, -0.2) is 63.0 Å². The van der Waals surface area contributed by atoms with Crippen LogP contribution < -0.4 is 16.4 Å². The third kappa shape index (κ3) is 6.33.